The van der Waals surface area contributed by atoms with Crippen molar-refractivity contribution in [3.05, 3.63) is 72.5 Å². The molecule has 1 N–H and O–H groups in total. The van der Waals surface area contributed by atoms with Gasteiger partial charge < -0.3 is 14.3 Å². The van der Waals surface area contributed by atoms with Crippen molar-refractivity contribution < 1.29 is 13.6 Å². The number of imidazole rings is 2. The van der Waals surface area contributed by atoms with Crippen LogP contribution >= 0.6 is 0 Å². The van der Waals surface area contributed by atoms with Gasteiger partial charge in [-0.3, -0.25) is 9.20 Å². The number of nitrogens with one attached hydrogen (secondary N) is 1. The topological polar surface area (TPSA) is 103 Å². The van der Waals surface area contributed by atoms with Gasteiger partial charge in [-0.15, -0.1) is 0 Å². The highest BCUT2D eigenvalue weighted by atomic mass is 19.1. The number of rotatable bonds is 4. The summed E-state index contributed by atoms with van der Waals surface area (Å²) < 4.78 is 23.6. The molecule has 0 saturated carbocycles. The first-order valence-corrected chi connectivity index (χ1v) is 9.76. The largest absolute Gasteiger partial charge is 0.436 e. The number of carbonyl (C=O) groups is 1. The number of carbonyl (C=O) groups excluding carboxylic acids is 1. The van der Waals surface area contributed by atoms with Crippen molar-refractivity contribution in [2.24, 2.45) is 7.05 Å². The van der Waals surface area contributed by atoms with E-state index < -0.39 is 11.7 Å². The number of aromatic nitrogens is 6. The lowest BCUT2D eigenvalue weighted by molar-refractivity contribution is 0.0994. The lowest BCUT2D eigenvalue weighted by Gasteiger charge is -2.06. The van der Waals surface area contributed by atoms with Gasteiger partial charge in [0.25, 0.3) is 5.91 Å². The van der Waals surface area contributed by atoms with Crippen LogP contribution in [-0.2, 0) is 7.05 Å². The van der Waals surface area contributed by atoms with Gasteiger partial charge in [-0.2, -0.15) is 0 Å². The van der Waals surface area contributed by atoms with Gasteiger partial charge in [0.05, 0.1) is 29.6 Å². The van der Waals surface area contributed by atoms with E-state index in [1.54, 1.807) is 43.2 Å². The van der Waals surface area contributed by atoms with Crippen molar-refractivity contribution in [2.75, 3.05) is 5.32 Å². The molecule has 0 saturated heterocycles. The first-order chi connectivity index (χ1) is 15.4. The van der Waals surface area contributed by atoms with Crippen molar-refractivity contribution in [1.82, 2.24) is 28.9 Å². The first kappa shape index (κ1) is 19.6. The minimum absolute atomic E-state index is 0.119. The Labute approximate surface area is 181 Å². The SMILES string of the molecule is Cc1nc(C)c(C(=O)Nc2ccc(F)c(-c3cn4cc(-c5cncn5C)cnc4n3)c2)o1. The molecule has 0 radical (unpaired) electrons. The van der Waals surface area contributed by atoms with Crippen LogP contribution in [0.25, 0.3) is 28.3 Å². The second kappa shape index (κ2) is 7.41. The third-order valence-electron chi connectivity index (χ3n) is 5.03. The zero-order valence-electron chi connectivity index (χ0n) is 17.5. The van der Waals surface area contributed by atoms with Gasteiger partial charge >= 0.3 is 0 Å². The Kier molecular flexibility index (Phi) is 4.54. The van der Waals surface area contributed by atoms with Crippen molar-refractivity contribution >= 4 is 17.4 Å². The fraction of sp³-hybridized carbons (Fsp3) is 0.136. The second-order valence-electron chi connectivity index (χ2n) is 7.36. The normalized spacial score (nSPS) is 11.2. The number of anilines is 1. The monoisotopic (exact) mass is 431 g/mol. The fourth-order valence-electron chi connectivity index (χ4n) is 3.51. The molecular formula is C22H18FN7O2. The first-order valence-electron chi connectivity index (χ1n) is 9.76. The Morgan fingerprint density at radius 2 is 2.00 bits per heavy atom. The van der Waals surface area contributed by atoms with E-state index in [4.69, 9.17) is 4.42 Å². The summed E-state index contributed by atoms with van der Waals surface area (Å²) in [7, 11) is 1.89. The summed E-state index contributed by atoms with van der Waals surface area (Å²) in [4.78, 5) is 29.5. The molecule has 160 valence electrons. The molecule has 0 bridgehead atoms. The van der Waals surface area contributed by atoms with Crippen LogP contribution in [-0.4, -0.2) is 34.8 Å². The van der Waals surface area contributed by atoms with E-state index in [1.807, 2.05) is 17.8 Å². The number of oxazole rings is 1. The number of nitrogens with zero attached hydrogens (tertiary/aromatic N) is 6. The molecule has 0 aliphatic rings. The fourth-order valence-corrected chi connectivity index (χ4v) is 3.51. The van der Waals surface area contributed by atoms with Crippen LogP contribution in [0.15, 0.2) is 53.7 Å². The molecule has 0 unspecified atom stereocenters. The molecule has 32 heavy (non-hydrogen) atoms. The third kappa shape index (κ3) is 3.41. The molecule has 5 rings (SSSR count). The number of fused-ring (bicyclic) bond motifs is 1. The van der Waals surface area contributed by atoms with E-state index in [1.165, 1.54) is 18.2 Å². The minimum atomic E-state index is -0.468. The molecule has 1 amide bonds. The molecule has 0 fully saturated rings. The maximum atomic E-state index is 14.6. The molecule has 0 spiro atoms. The van der Waals surface area contributed by atoms with Gasteiger partial charge in [0.2, 0.25) is 11.5 Å². The highest BCUT2D eigenvalue weighted by Gasteiger charge is 2.18. The van der Waals surface area contributed by atoms with E-state index in [9.17, 15) is 9.18 Å². The Bertz CT molecular complexity index is 1480. The van der Waals surface area contributed by atoms with Crippen LogP contribution < -0.4 is 5.32 Å². The second-order valence-corrected chi connectivity index (χ2v) is 7.36. The summed E-state index contributed by atoms with van der Waals surface area (Å²) in [5, 5.41) is 2.72. The van der Waals surface area contributed by atoms with Crippen molar-refractivity contribution in [2.45, 2.75) is 13.8 Å². The number of amides is 1. The summed E-state index contributed by atoms with van der Waals surface area (Å²) in [6, 6.07) is 4.28. The van der Waals surface area contributed by atoms with Crippen LogP contribution in [0.2, 0.25) is 0 Å². The van der Waals surface area contributed by atoms with Gasteiger partial charge in [0.15, 0.2) is 5.89 Å². The lowest BCUT2D eigenvalue weighted by Crippen LogP contribution is -2.12. The maximum Gasteiger partial charge on any atom is 0.293 e. The molecule has 9 nitrogen and oxygen atoms in total. The summed E-state index contributed by atoms with van der Waals surface area (Å²) >= 11 is 0. The van der Waals surface area contributed by atoms with Crippen LogP contribution in [0.3, 0.4) is 0 Å². The van der Waals surface area contributed by atoms with E-state index in [-0.39, 0.29) is 11.3 Å². The smallest absolute Gasteiger partial charge is 0.293 e. The molecular weight excluding hydrogens is 413 g/mol. The highest BCUT2D eigenvalue weighted by Crippen LogP contribution is 2.27. The van der Waals surface area contributed by atoms with Crippen molar-refractivity contribution in [1.29, 1.82) is 0 Å². The number of benzene rings is 1. The van der Waals surface area contributed by atoms with Crippen LogP contribution in [0.4, 0.5) is 10.1 Å². The van der Waals surface area contributed by atoms with Gasteiger partial charge in [0.1, 0.15) is 5.82 Å². The van der Waals surface area contributed by atoms with Crippen LogP contribution in [0.5, 0.6) is 0 Å². The lowest BCUT2D eigenvalue weighted by atomic mass is 10.1. The zero-order valence-corrected chi connectivity index (χ0v) is 17.5. The van der Waals surface area contributed by atoms with Gasteiger partial charge in [0, 0.05) is 49.4 Å². The quantitative estimate of drug-likeness (QED) is 0.464. The molecule has 4 heterocycles. The maximum absolute atomic E-state index is 14.6. The van der Waals surface area contributed by atoms with E-state index in [0.717, 1.165) is 11.3 Å². The minimum Gasteiger partial charge on any atom is -0.436 e. The van der Waals surface area contributed by atoms with Crippen molar-refractivity contribution in [3.63, 3.8) is 0 Å². The van der Waals surface area contributed by atoms with E-state index in [0.29, 0.717) is 28.7 Å². The third-order valence-corrected chi connectivity index (χ3v) is 5.03. The average Bonchev–Trinajstić information content (AvgIpc) is 3.46. The van der Waals surface area contributed by atoms with Gasteiger partial charge in [-0.1, -0.05) is 0 Å². The Morgan fingerprint density at radius 1 is 1.16 bits per heavy atom. The Hall–Kier alpha value is -4.34. The average molecular weight is 431 g/mol. The highest BCUT2D eigenvalue weighted by molar-refractivity contribution is 6.03. The number of aryl methyl sites for hydroxylation is 3. The van der Waals surface area contributed by atoms with E-state index >= 15 is 0 Å². The molecule has 5 aromatic rings. The summed E-state index contributed by atoms with van der Waals surface area (Å²) in [5.41, 5.74) is 3.25. The Morgan fingerprint density at radius 3 is 2.72 bits per heavy atom. The molecule has 1 aromatic carbocycles. The Balaban J connectivity index is 1.48. The molecule has 0 aliphatic heterocycles. The molecule has 10 heteroatoms. The number of hydrogen-bond donors (Lipinski definition) is 1. The number of halogens is 1. The predicted octanol–water partition coefficient (Wildman–Crippen LogP) is 3.79. The van der Waals surface area contributed by atoms with Crippen LogP contribution in [0, 0.1) is 19.7 Å². The summed E-state index contributed by atoms with van der Waals surface area (Å²) in [6.45, 7) is 3.35. The van der Waals surface area contributed by atoms with Gasteiger partial charge in [-0.25, -0.2) is 24.3 Å². The summed E-state index contributed by atoms with van der Waals surface area (Å²) in [5.74, 6) is 0.0127. The van der Waals surface area contributed by atoms with Crippen LogP contribution in [0.1, 0.15) is 22.1 Å². The van der Waals surface area contributed by atoms with E-state index in [2.05, 4.69) is 25.3 Å². The molecule has 0 atom stereocenters. The summed E-state index contributed by atoms with van der Waals surface area (Å²) in [6.07, 6.45) is 8.68. The molecule has 0 aliphatic carbocycles. The van der Waals surface area contributed by atoms with Crippen molar-refractivity contribution in [3.8, 4) is 22.5 Å². The standard InChI is InChI=1S/C22H18FN7O2/c1-12-20(32-13(2)26-12)21(31)27-15-4-5-17(23)16(6-15)18-10-30-9-14(7-25-22(30)28-18)19-8-24-11-29(19)3/h4-11H,1-3H3,(H,27,31). The predicted molar refractivity (Wildman–Crippen MR) is 115 cm³/mol. The molecule has 4 aromatic heterocycles. The van der Waals surface area contributed by atoms with Gasteiger partial charge in [-0.05, 0) is 25.1 Å². The number of hydrogen-bond acceptors (Lipinski definition) is 6. The zero-order chi connectivity index (χ0) is 22.4.